The van der Waals surface area contributed by atoms with Gasteiger partial charge in [-0.3, -0.25) is 0 Å². The first-order valence-corrected chi connectivity index (χ1v) is 7.94. The molecule has 0 spiro atoms. The molecule has 0 amide bonds. The third-order valence-electron chi connectivity index (χ3n) is 3.26. The van der Waals surface area contributed by atoms with E-state index in [1.54, 1.807) is 6.26 Å². The van der Waals surface area contributed by atoms with E-state index < -0.39 is 0 Å². The topological polar surface area (TPSA) is 25.2 Å². The largest absolute Gasteiger partial charge is 0.467 e. The molecule has 1 N–H and O–H groups in total. The van der Waals surface area contributed by atoms with Crippen LogP contribution in [0.2, 0.25) is 0 Å². The molecule has 1 heterocycles. The molecule has 2 nitrogen and oxygen atoms in total. The van der Waals surface area contributed by atoms with Crippen molar-refractivity contribution in [3.8, 4) is 0 Å². The van der Waals surface area contributed by atoms with Crippen molar-refractivity contribution in [1.82, 2.24) is 5.32 Å². The van der Waals surface area contributed by atoms with Crippen molar-refractivity contribution >= 4 is 11.8 Å². The van der Waals surface area contributed by atoms with E-state index in [1.807, 2.05) is 30.0 Å². The first kappa shape index (κ1) is 14.2. The summed E-state index contributed by atoms with van der Waals surface area (Å²) in [6.07, 6.45) is 5.05. The quantitative estimate of drug-likeness (QED) is 0.823. The maximum atomic E-state index is 5.57. The van der Waals surface area contributed by atoms with E-state index in [4.69, 9.17) is 4.42 Å². The maximum absolute atomic E-state index is 5.57. The van der Waals surface area contributed by atoms with Crippen molar-refractivity contribution in [2.75, 3.05) is 12.8 Å². The summed E-state index contributed by atoms with van der Waals surface area (Å²) in [5.41, 5.74) is 1.24. The van der Waals surface area contributed by atoms with Gasteiger partial charge in [0.05, 0.1) is 12.3 Å². The van der Waals surface area contributed by atoms with E-state index in [-0.39, 0.29) is 6.04 Å². The summed E-state index contributed by atoms with van der Waals surface area (Å²) >= 11 is 1.91. The Morgan fingerprint density at radius 2 is 1.95 bits per heavy atom. The number of nitrogens with one attached hydrogen (secondary N) is 1. The van der Waals surface area contributed by atoms with Crippen LogP contribution >= 0.6 is 11.8 Å². The van der Waals surface area contributed by atoms with Gasteiger partial charge in [-0.2, -0.15) is 11.8 Å². The van der Waals surface area contributed by atoms with Crippen LogP contribution in [-0.4, -0.2) is 18.1 Å². The van der Waals surface area contributed by atoms with Gasteiger partial charge in [0, 0.05) is 5.25 Å². The summed E-state index contributed by atoms with van der Waals surface area (Å²) in [6, 6.07) is 14.6. The highest BCUT2D eigenvalue weighted by atomic mass is 32.2. The average molecular weight is 275 g/mol. The van der Waals surface area contributed by atoms with E-state index in [0.717, 1.165) is 18.7 Å². The molecule has 2 unspecified atom stereocenters. The average Bonchev–Trinajstić information content (AvgIpc) is 2.98. The molecule has 102 valence electrons. The zero-order valence-electron chi connectivity index (χ0n) is 11.5. The number of hydrogen-bond donors (Lipinski definition) is 1. The Morgan fingerprint density at radius 3 is 2.58 bits per heavy atom. The van der Waals surface area contributed by atoms with Crippen LogP contribution < -0.4 is 5.32 Å². The molecule has 1 aromatic heterocycles. The predicted molar refractivity (Wildman–Crippen MR) is 82.6 cm³/mol. The van der Waals surface area contributed by atoms with Gasteiger partial charge in [0.2, 0.25) is 0 Å². The van der Waals surface area contributed by atoms with Gasteiger partial charge in [-0.05, 0) is 36.9 Å². The third-order valence-corrected chi connectivity index (χ3v) is 4.30. The lowest BCUT2D eigenvalue weighted by Crippen LogP contribution is -2.24. The summed E-state index contributed by atoms with van der Waals surface area (Å²) in [7, 11) is 0. The fourth-order valence-electron chi connectivity index (χ4n) is 2.03. The Labute approximate surface area is 119 Å². The highest BCUT2D eigenvalue weighted by Crippen LogP contribution is 2.22. The molecule has 0 saturated heterocycles. The summed E-state index contributed by atoms with van der Waals surface area (Å²) in [6.45, 7) is 3.25. The Hall–Kier alpha value is -1.19. The van der Waals surface area contributed by atoms with Gasteiger partial charge in [-0.1, -0.05) is 37.3 Å². The standard InChI is InChI=1S/C16H21NOS/c1-13(19-2)10-11-17-16(15-9-6-12-18-15)14-7-4-3-5-8-14/h3-9,12-13,16-17H,10-11H2,1-2H3. The number of furan rings is 1. The molecule has 2 aromatic rings. The maximum Gasteiger partial charge on any atom is 0.125 e. The SMILES string of the molecule is CSC(C)CCNC(c1ccccc1)c1ccco1. The zero-order chi connectivity index (χ0) is 13.5. The Morgan fingerprint density at radius 1 is 1.16 bits per heavy atom. The first-order valence-electron chi connectivity index (χ1n) is 6.65. The molecular weight excluding hydrogens is 254 g/mol. The molecular formula is C16H21NOS. The van der Waals surface area contributed by atoms with E-state index in [2.05, 4.69) is 42.8 Å². The van der Waals surface area contributed by atoms with E-state index in [0.29, 0.717) is 5.25 Å². The second-order valence-electron chi connectivity index (χ2n) is 4.65. The van der Waals surface area contributed by atoms with Gasteiger partial charge in [0.15, 0.2) is 0 Å². The Kier molecular flexibility index (Phi) is 5.55. The molecule has 0 aliphatic carbocycles. The van der Waals surface area contributed by atoms with E-state index in [9.17, 15) is 0 Å². The van der Waals surface area contributed by atoms with E-state index >= 15 is 0 Å². The van der Waals surface area contributed by atoms with Crippen LogP contribution in [0.3, 0.4) is 0 Å². The molecule has 2 rings (SSSR count). The van der Waals surface area contributed by atoms with Gasteiger partial charge in [0.1, 0.15) is 5.76 Å². The van der Waals surface area contributed by atoms with Crippen molar-refractivity contribution in [2.45, 2.75) is 24.6 Å². The Bertz CT molecular complexity index is 455. The lowest BCUT2D eigenvalue weighted by Gasteiger charge is -2.18. The molecule has 19 heavy (non-hydrogen) atoms. The second-order valence-corrected chi connectivity index (χ2v) is 5.92. The molecule has 0 saturated carbocycles. The van der Waals surface area contributed by atoms with Crippen molar-refractivity contribution in [3.63, 3.8) is 0 Å². The summed E-state index contributed by atoms with van der Waals surface area (Å²) in [5, 5.41) is 4.28. The van der Waals surface area contributed by atoms with E-state index in [1.165, 1.54) is 5.56 Å². The lowest BCUT2D eigenvalue weighted by atomic mass is 10.0. The molecule has 1 aromatic carbocycles. The molecule has 0 fully saturated rings. The van der Waals surface area contributed by atoms with Crippen molar-refractivity contribution < 1.29 is 4.42 Å². The molecule has 0 radical (unpaired) electrons. The highest BCUT2D eigenvalue weighted by Gasteiger charge is 2.15. The van der Waals surface area contributed by atoms with Crippen LogP contribution in [-0.2, 0) is 0 Å². The summed E-state index contributed by atoms with van der Waals surface area (Å²) < 4.78 is 5.57. The third kappa shape index (κ3) is 4.15. The van der Waals surface area contributed by atoms with Crippen LogP contribution in [0.5, 0.6) is 0 Å². The van der Waals surface area contributed by atoms with Crippen LogP contribution in [0.4, 0.5) is 0 Å². The van der Waals surface area contributed by atoms with Gasteiger partial charge in [-0.25, -0.2) is 0 Å². The normalized spacial score (nSPS) is 14.2. The van der Waals surface area contributed by atoms with Gasteiger partial charge >= 0.3 is 0 Å². The molecule has 0 aliphatic rings. The minimum atomic E-state index is 0.144. The monoisotopic (exact) mass is 275 g/mol. The molecule has 0 aliphatic heterocycles. The fourth-order valence-corrected chi connectivity index (χ4v) is 2.39. The first-order chi connectivity index (χ1) is 9.31. The van der Waals surface area contributed by atoms with Crippen molar-refractivity contribution in [2.24, 2.45) is 0 Å². The predicted octanol–water partition coefficient (Wildman–Crippen LogP) is 4.10. The number of hydrogen-bond acceptors (Lipinski definition) is 3. The molecule has 0 bridgehead atoms. The zero-order valence-corrected chi connectivity index (χ0v) is 12.3. The lowest BCUT2D eigenvalue weighted by molar-refractivity contribution is 0.444. The van der Waals surface area contributed by atoms with Crippen LogP contribution in [0, 0.1) is 0 Å². The molecule has 2 atom stereocenters. The minimum Gasteiger partial charge on any atom is -0.467 e. The van der Waals surface area contributed by atoms with Gasteiger partial charge in [0.25, 0.3) is 0 Å². The van der Waals surface area contributed by atoms with Gasteiger partial charge in [-0.15, -0.1) is 0 Å². The second kappa shape index (κ2) is 7.41. The summed E-state index contributed by atoms with van der Waals surface area (Å²) in [4.78, 5) is 0. The van der Waals surface area contributed by atoms with Crippen LogP contribution in [0.25, 0.3) is 0 Å². The molecule has 3 heteroatoms. The smallest absolute Gasteiger partial charge is 0.125 e. The fraction of sp³-hybridized carbons (Fsp3) is 0.375. The van der Waals surface area contributed by atoms with Crippen LogP contribution in [0.15, 0.2) is 53.1 Å². The van der Waals surface area contributed by atoms with Crippen molar-refractivity contribution in [1.29, 1.82) is 0 Å². The summed E-state index contributed by atoms with van der Waals surface area (Å²) in [5.74, 6) is 0.975. The number of benzene rings is 1. The highest BCUT2D eigenvalue weighted by molar-refractivity contribution is 7.99. The van der Waals surface area contributed by atoms with Crippen LogP contribution in [0.1, 0.15) is 30.7 Å². The number of thioether (sulfide) groups is 1. The Balaban J connectivity index is 2.04. The number of rotatable bonds is 7. The van der Waals surface area contributed by atoms with Crippen molar-refractivity contribution in [3.05, 3.63) is 60.1 Å². The minimum absolute atomic E-state index is 0.144. The van der Waals surface area contributed by atoms with Gasteiger partial charge < -0.3 is 9.73 Å².